The molecule has 3 rings (SSSR count). The maximum atomic E-state index is 11.9. The van der Waals surface area contributed by atoms with Crippen molar-refractivity contribution >= 4 is 29.0 Å². The summed E-state index contributed by atoms with van der Waals surface area (Å²) in [6, 6.07) is 18.0. The second-order valence-corrected chi connectivity index (χ2v) is 6.93. The Hall–Kier alpha value is -1.98. The highest BCUT2D eigenvalue weighted by Gasteiger charge is 2.07. The maximum absolute atomic E-state index is 11.9. The number of hydrogen-bond acceptors (Lipinski definition) is 4. The van der Waals surface area contributed by atoms with Crippen LogP contribution in [0.2, 0.25) is 0 Å². The molecule has 5 heteroatoms. The number of thiophene rings is 1. The minimum Gasteiger partial charge on any atom is -0.458 e. The molecular formula is C18H17NO2S2. The van der Waals surface area contributed by atoms with Crippen LogP contribution < -0.4 is 5.32 Å². The minimum absolute atomic E-state index is 0.0278. The van der Waals surface area contributed by atoms with Gasteiger partial charge in [0.2, 0.25) is 5.91 Å². The third-order valence-corrected chi connectivity index (χ3v) is 5.12. The topological polar surface area (TPSA) is 42.2 Å². The lowest BCUT2D eigenvalue weighted by Gasteiger charge is -2.04. The first-order valence-corrected chi connectivity index (χ1v) is 9.35. The van der Waals surface area contributed by atoms with E-state index in [0.29, 0.717) is 12.3 Å². The first kappa shape index (κ1) is 15.9. The van der Waals surface area contributed by atoms with Crippen LogP contribution in [0.15, 0.2) is 64.4 Å². The van der Waals surface area contributed by atoms with Crippen LogP contribution in [0.25, 0.3) is 10.6 Å². The molecule has 1 amide bonds. The van der Waals surface area contributed by atoms with E-state index in [9.17, 15) is 4.79 Å². The molecule has 0 saturated heterocycles. The van der Waals surface area contributed by atoms with Crippen molar-refractivity contribution in [1.82, 2.24) is 5.32 Å². The van der Waals surface area contributed by atoms with E-state index in [1.165, 1.54) is 5.56 Å². The van der Waals surface area contributed by atoms with Crippen LogP contribution in [0.5, 0.6) is 0 Å². The number of rotatable bonds is 7. The minimum atomic E-state index is 0.0278. The summed E-state index contributed by atoms with van der Waals surface area (Å²) in [5.41, 5.74) is 1.23. The Kier molecular flexibility index (Phi) is 5.56. The van der Waals surface area contributed by atoms with Gasteiger partial charge in [-0.15, -0.1) is 23.1 Å². The molecular weight excluding hydrogens is 326 g/mol. The van der Waals surface area contributed by atoms with E-state index in [-0.39, 0.29) is 5.91 Å². The average Bonchev–Trinajstić information content (AvgIpc) is 3.25. The molecule has 0 unspecified atom stereocenters. The van der Waals surface area contributed by atoms with Crippen molar-refractivity contribution in [2.75, 3.05) is 5.75 Å². The largest absolute Gasteiger partial charge is 0.458 e. The zero-order valence-corrected chi connectivity index (χ0v) is 14.2. The van der Waals surface area contributed by atoms with E-state index in [2.05, 4.69) is 17.4 Å². The molecule has 1 N–H and O–H groups in total. The van der Waals surface area contributed by atoms with Gasteiger partial charge in [0.15, 0.2) is 0 Å². The number of hydrogen-bond donors (Lipinski definition) is 1. The van der Waals surface area contributed by atoms with Gasteiger partial charge in [0.25, 0.3) is 0 Å². The van der Waals surface area contributed by atoms with Gasteiger partial charge in [-0.3, -0.25) is 4.79 Å². The van der Waals surface area contributed by atoms with E-state index in [1.54, 1.807) is 23.1 Å². The van der Waals surface area contributed by atoms with Crippen LogP contribution in [0, 0.1) is 0 Å². The third-order valence-electron chi connectivity index (χ3n) is 3.23. The predicted molar refractivity (Wildman–Crippen MR) is 96.5 cm³/mol. The molecule has 0 spiro atoms. The van der Waals surface area contributed by atoms with Gasteiger partial charge in [0, 0.05) is 5.75 Å². The maximum Gasteiger partial charge on any atom is 0.230 e. The zero-order chi connectivity index (χ0) is 15.9. The first-order chi connectivity index (χ1) is 11.3. The summed E-state index contributed by atoms with van der Waals surface area (Å²) < 4.78 is 5.74. The van der Waals surface area contributed by atoms with Crippen molar-refractivity contribution in [3.63, 3.8) is 0 Å². The molecule has 3 nitrogen and oxygen atoms in total. The fourth-order valence-corrected chi connectivity index (χ4v) is 3.60. The highest BCUT2D eigenvalue weighted by molar-refractivity contribution is 7.99. The van der Waals surface area contributed by atoms with Gasteiger partial charge in [0.1, 0.15) is 11.5 Å². The van der Waals surface area contributed by atoms with Crippen LogP contribution in [0.3, 0.4) is 0 Å². The molecule has 1 aromatic carbocycles. The van der Waals surface area contributed by atoms with Crippen LogP contribution in [-0.4, -0.2) is 11.7 Å². The number of nitrogens with one attached hydrogen (secondary N) is 1. The smallest absolute Gasteiger partial charge is 0.230 e. The standard InChI is InChI=1S/C18H17NO2S2/c20-18(13-22-12-14-5-2-1-3-6-14)19-11-15-8-9-16(21-15)17-7-4-10-23-17/h1-10H,11-13H2,(H,19,20). The summed E-state index contributed by atoms with van der Waals surface area (Å²) in [5, 5.41) is 4.91. The summed E-state index contributed by atoms with van der Waals surface area (Å²) >= 11 is 3.25. The lowest BCUT2D eigenvalue weighted by atomic mass is 10.2. The summed E-state index contributed by atoms with van der Waals surface area (Å²) in [4.78, 5) is 13.0. The molecule has 0 aliphatic heterocycles. The van der Waals surface area contributed by atoms with Crippen molar-refractivity contribution in [1.29, 1.82) is 0 Å². The highest BCUT2D eigenvalue weighted by atomic mass is 32.2. The Balaban J connectivity index is 1.41. The fourth-order valence-electron chi connectivity index (χ4n) is 2.10. The first-order valence-electron chi connectivity index (χ1n) is 7.32. The van der Waals surface area contributed by atoms with Crippen molar-refractivity contribution < 1.29 is 9.21 Å². The molecule has 2 aromatic heterocycles. The Morgan fingerprint density at radius 3 is 2.74 bits per heavy atom. The van der Waals surface area contributed by atoms with Crippen LogP contribution in [0.4, 0.5) is 0 Å². The Bertz CT molecular complexity index is 735. The summed E-state index contributed by atoms with van der Waals surface area (Å²) in [5.74, 6) is 2.95. The molecule has 118 valence electrons. The monoisotopic (exact) mass is 343 g/mol. The van der Waals surface area contributed by atoms with Crippen LogP contribution in [-0.2, 0) is 17.1 Å². The van der Waals surface area contributed by atoms with Gasteiger partial charge >= 0.3 is 0 Å². The molecule has 0 aliphatic rings. The molecule has 0 fully saturated rings. The van der Waals surface area contributed by atoms with Gasteiger partial charge in [-0.1, -0.05) is 36.4 Å². The van der Waals surface area contributed by atoms with E-state index in [0.717, 1.165) is 22.2 Å². The molecule has 0 aliphatic carbocycles. The lowest BCUT2D eigenvalue weighted by Crippen LogP contribution is -2.24. The quantitative estimate of drug-likeness (QED) is 0.684. The third kappa shape index (κ3) is 4.74. The van der Waals surface area contributed by atoms with Gasteiger partial charge in [-0.25, -0.2) is 0 Å². The number of benzene rings is 1. The zero-order valence-electron chi connectivity index (χ0n) is 12.5. The van der Waals surface area contributed by atoms with Gasteiger partial charge in [-0.05, 0) is 29.1 Å². The second-order valence-electron chi connectivity index (χ2n) is 5.00. The predicted octanol–water partition coefficient (Wildman–Crippen LogP) is 4.56. The number of amides is 1. The normalized spacial score (nSPS) is 10.6. The molecule has 2 heterocycles. The fraction of sp³-hybridized carbons (Fsp3) is 0.167. The number of carbonyl (C=O) groups excluding carboxylic acids is 1. The average molecular weight is 343 g/mol. The SMILES string of the molecule is O=C(CSCc1ccccc1)NCc1ccc(-c2cccs2)o1. The molecule has 0 bridgehead atoms. The van der Waals surface area contributed by atoms with Crippen LogP contribution >= 0.6 is 23.1 Å². The number of carbonyl (C=O) groups is 1. The lowest BCUT2D eigenvalue weighted by molar-refractivity contribution is -0.118. The van der Waals surface area contributed by atoms with Crippen LogP contribution in [0.1, 0.15) is 11.3 Å². The Labute approximate surface area is 143 Å². The highest BCUT2D eigenvalue weighted by Crippen LogP contribution is 2.26. The van der Waals surface area contributed by atoms with E-state index < -0.39 is 0 Å². The number of thioether (sulfide) groups is 1. The molecule has 0 radical (unpaired) electrons. The van der Waals surface area contributed by atoms with E-state index in [1.807, 2.05) is 47.8 Å². The molecule has 3 aromatic rings. The molecule has 0 atom stereocenters. The van der Waals surface area contributed by atoms with E-state index >= 15 is 0 Å². The van der Waals surface area contributed by atoms with Crippen molar-refractivity contribution in [2.45, 2.75) is 12.3 Å². The molecule has 0 saturated carbocycles. The Morgan fingerprint density at radius 1 is 1.09 bits per heavy atom. The van der Waals surface area contributed by atoms with Crippen molar-refractivity contribution in [3.05, 3.63) is 71.3 Å². The Morgan fingerprint density at radius 2 is 1.96 bits per heavy atom. The van der Waals surface area contributed by atoms with Crippen molar-refractivity contribution in [2.24, 2.45) is 0 Å². The molecule has 23 heavy (non-hydrogen) atoms. The van der Waals surface area contributed by atoms with Gasteiger partial charge < -0.3 is 9.73 Å². The second kappa shape index (κ2) is 8.04. The summed E-state index contributed by atoms with van der Waals surface area (Å²) in [6.45, 7) is 0.427. The summed E-state index contributed by atoms with van der Waals surface area (Å²) in [7, 11) is 0. The summed E-state index contributed by atoms with van der Waals surface area (Å²) in [6.07, 6.45) is 0. The van der Waals surface area contributed by atoms with Gasteiger partial charge in [-0.2, -0.15) is 0 Å². The van der Waals surface area contributed by atoms with E-state index in [4.69, 9.17) is 4.42 Å². The van der Waals surface area contributed by atoms with Gasteiger partial charge in [0.05, 0.1) is 17.2 Å². The van der Waals surface area contributed by atoms with Crippen molar-refractivity contribution in [3.8, 4) is 10.6 Å². The number of furan rings is 1.